The van der Waals surface area contributed by atoms with Crippen molar-refractivity contribution in [1.82, 2.24) is 0 Å². The molecule has 0 amide bonds. The molecule has 7 nitrogen and oxygen atoms in total. The minimum atomic E-state index is -1.08. The number of aryl methyl sites for hydroxylation is 1. The lowest BCUT2D eigenvalue weighted by Gasteiger charge is -2.29. The minimum Gasteiger partial charge on any atom is -0.485 e. The lowest BCUT2D eigenvalue weighted by molar-refractivity contribution is 0.228. The number of piperidine rings is 1. The highest BCUT2D eigenvalue weighted by Gasteiger charge is 2.26. The predicted octanol–water partition coefficient (Wildman–Crippen LogP) is 5.26. The second-order valence-electron chi connectivity index (χ2n) is 10.4. The molecule has 6 rings (SSSR count). The van der Waals surface area contributed by atoms with Gasteiger partial charge in [0.25, 0.3) is 0 Å². The van der Waals surface area contributed by atoms with Gasteiger partial charge in [-0.2, -0.15) is 0 Å². The van der Waals surface area contributed by atoms with E-state index in [1.807, 2.05) is 75.4 Å². The average molecular weight is 522 g/mol. The van der Waals surface area contributed by atoms with Crippen molar-refractivity contribution in [2.24, 2.45) is 5.16 Å². The number of ether oxygens (including phenoxy) is 1. The molecular weight excluding hydrogens is 491 g/mol. The number of rotatable bonds is 5. The Labute approximate surface area is 227 Å². The maximum Gasteiger partial charge on any atom is 0.583 e. The summed E-state index contributed by atoms with van der Waals surface area (Å²) in [6, 6.07) is 17.5. The smallest absolute Gasteiger partial charge is 0.485 e. The van der Waals surface area contributed by atoms with E-state index in [1.54, 1.807) is 6.21 Å². The van der Waals surface area contributed by atoms with Crippen molar-refractivity contribution < 1.29 is 18.9 Å². The fourth-order valence-corrected chi connectivity index (χ4v) is 5.60. The Balaban J connectivity index is 1.40. The van der Waals surface area contributed by atoms with E-state index in [-0.39, 0.29) is 11.5 Å². The monoisotopic (exact) mass is 522 g/mol. The average Bonchev–Trinajstić information content (AvgIpc) is 2.95. The molecule has 1 N–H and O–H groups in total. The third-order valence-electron chi connectivity index (χ3n) is 7.66. The van der Waals surface area contributed by atoms with Crippen molar-refractivity contribution >= 4 is 35.6 Å². The van der Waals surface area contributed by atoms with Crippen molar-refractivity contribution in [3.63, 3.8) is 0 Å². The lowest BCUT2D eigenvalue weighted by atomic mass is 9.75. The van der Waals surface area contributed by atoms with E-state index in [1.165, 1.54) is 6.42 Å². The Bertz CT molecular complexity index is 1640. The van der Waals surface area contributed by atoms with Gasteiger partial charge in [0.1, 0.15) is 17.4 Å². The van der Waals surface area contributed by atoms with Crippen LogP contribution in [0.15, 0.2) is 69.0 Å². The first-order chi connectivity index (χ1) is 18.9. The predicted molar refractivity (Wildman–Crippen MR) is 155 cm³/mol. The number of anilines is 1. The highest BCUT2D eigenvalue weighted by molar-refractivity contribution is 6.62. The molecule has 0 unspecified atom stereocenters. The first-order valence-electron chi connectivity index (χ1n) is 13.5. The normalized spacial score (nSPS) is 15.7. The number of benzene rings is 3. The first-order valence-corrected chi connectivity index (χ1v) is 13.5. The van der Waals surface area contributed by atoms with Crippen LogP contribution in [-0.4, -0.2) is 31.4 Å². The van der Waals surface area contributed by atoms with Gasteiger partial charge in [-0.1, -0.05) is 30.3 Å². The van der Waals surface area contributed by atoms with Gasteiger partial charge in [-0.3, -0.25) is 4.79 Å². The Morgan fingerprint density at radius 3 is 2.67 bits per heavy atom. The van der Waals surface area contributed by atoms with Crippen LogP contribution in [0.2, 0.25) is 0 Å². The SMILES string of the molecule is Cc1cc([C@@H](C)Oc2ccccc2-c2ccc3c(c2)C=NOB3O)c2oc(N3CCCCC3)c(C)c(=O)c2c1. The summed E-state index contributed by atoms with van der Waals surface area (Å²) >= 11 is 0. The molecule has 1 aromatic heterocycles. The first kappa shape index (κ1) is 25.3. The third-order valence-corrected chi connectivity index (χ3v) is 7.66. The van der Waals surface area contributed by atoms with Crippen LogP contribution in [0.4, 0.5) is 5.88 Å². The fourth-order valence-electron chi connectivity index (χ4n) is 5.60. The molecule has 1 atom stereocenters. The van der Waals surface area contributed by atoms with Crippen LogP contribution in [0.5, 0.6) is 5.75 Å². The van der Waals surface area contributed by atoms with Crippen LogP contribution in [0.25, 0.3) is 22.1 Å². The molecule has 0 spiro atoms. The summed E-state index contributed by atoms with van der Waals surface area (Å²) < 4.78 is 18.1. The topological polar surface area (TPSA) is 84.5 Å². The standard InChI is InChI=1S/C31H31BN2O5/c1-19-15-25(30-26(16-19)29(35)20(2)31(38-30)34-13-7-4-8-14-34)21(3)37-28-10-6-5-9-24(28)22-11-12-27-23(17-22)18-33-39-32(27)36/h5-6,9-12,15-18,21,36H,4,7-8,13-14H2,1-3H3/t21-/m1/s1. The zero-order valence-corrected chi connectivity index (χ0v) is 22.4. The van der Waals surface area contributed by atoms with Gasteiger partial charge in [0, 0.05) is 29.7 Å². The maximum absolute atomic E-state index is 13.5. The molecule has 2 aliphatic heterocycles. The Hall–Kier alpha value is -4.04. The van der Waals surface area contributed by atoms with Crippen molar-refractivity contribution in [3.05, 3.63) is 87.1 Å². The molecule has 1 saturated heterocycles. The molecule has 0 saturated carbocycles. The molecule has 2 aliphatic rings. The van der Waals surface area contributed by atoms with Crippen LogP contribution in [0, 0.1) is 13.8 Å². The number of hydrogen-bond donors (Lipinski definition) is 1. The van der Waals surface area contributed by atoms with Crippen molar-refractivity contribution in [1.29, 1.82) is 0 Å². The molecular formula is C31H31BN2O5. The van der Waals surface area contributed by atoms with E-state index in [4.69, 9.17) is 13.9 Å². The van der Waals surface area contributed by atoms with E-state index < -0.39 is 7.12 Å². The summed E-state index contributed by atoms with van der Waals surface area (Å²) in [5.41, 5.74) is 6.37. The van der Waals surface area contributed by atoms with Gasteiger partial charge in [-0.05, 0) is 81.0 Å². The number of hydrogen-bond acceptors (Lipinski definition) is 7. The van der Waals surface area contributed by atoms with Gasteiger partial charge in [0.15, 0.2) is 5.43 Å². The summed E-state index contributed by atoms with van der Waals surface area (Å²) in [6.07, 6.45) is 4.61. The van der Waals surface area contributed by atoms with Gasteiger partial charge < -0.3 is 23.8 Å². The molecule has 198 valence electrons. The van der Waals surface area contributed by atoms with E-state index >= 15 is 0 Å². The zero-order valence-electron chi connectivity index (χ0n) is 22.4. The Morgan fingerprint density at radius 2 is 1.85 bits per heavy atom. The number of oxime groups is 1. The Morgan fingerprint density at radius 1 is 1.05 bits per heavy atom. The highest BCUT2D eigenvalue weighted by atomic mass is 16.6. The van der Waals surface area contributed by atoms with E-state index in [2.05, 4.69) is 10.1 Å². The number of para-hydroxylation sites is 1. The second kappa shape index (κ2) is 10.3. The van der Waals surface area contributed by atoms with Gasteiger partial charge in [0.2, 0.25) is 5.88 Å². The van der Waals surface area contributed by atoms with Gasteiger partial charge in [-0.25, -0.2) is 0 Å². The van der Waals surface area contributed by atoms with Gasteiger partial charge >= 0.3 is 7.12 Å². The minimum absolute atomic E-state index is 0.0104. The van der Waals surface area contributed by atoms with Crippen LogP contribution in [0.3, 0.4) is 0 Å². The molecule has 3 heterocycles. The summed E-state index contributed by atoms with van der Waals surface area (Å²) in [5, 5.41) is 14.5. The molecule has 0 radical (unpaired) electrons. The summed E-state index contributed by atoms with van der Waals surface area (Å²) in [6.45, 7) is 7.62. The molecule has 0 aliphatic carbocycles. The van der Waals surface area contributed by atoms with Crippen LogP contribution in [-0.2, 0) is 4.76 Å². The summed E-state index contributed by atoms with van der Waals surface area (Å²) in [5.74, 6) is 1.38. The molecule has 0 bridgehead atoms. The maximum atomic E-state index is 13.5. The van der Waals surface area contributed by atoms with Crippen molar-refractivity contribution in [3.8, 4) is 16.9 Å². The lowest BCUT2D eigenvalue weighted by Crippen LogP contribution is -2.37. The molecule has 4 aromatic rings. The van der Waals surface area contributed by atoms with Gasteiger partial charge in [-0.15, -0.1) is 5.16 Å². The molecule has 39 heavy (non-hydrogen) atoms. The highest BCUT2D eigenvalue weighted by Crippen LogP contribution is 2.36. The zero-order chi connectivity index (χ0) is 27.1. The van der Waals surface area contributed by atoms with Gasteiger partial charge in [0.05, 0.1) is 17.2 Å². The molecule has 8 heteroatoms. The van der Waals surface area contributed by atoms with E-state index in [9.17, 15) is 9.82 Å². The second-order valence-corrected chi connectivity index (χ2v) is 10.4. The number of fused-ring (bicyclic) bond motifs is 2. The number of nitrogens with zero attached hydrogens (tertiary/aromatic N) is 2. The summed E-state index contributed by atoms with van der Waals surface area (Å²) in [7, 11) is -1.08. The van der Waals surface area contributed by atoms with Crippen LogP contribution < -0.4 is 20.5 Å². The third kappa shape index (κ3) is 4.70. The van der Waals surface area contributed by atoms with E-state index in [0.29, 0.717) is 33.6 Å². The van der Waals surface area contributed by atoms with Crippen LogP contribution >= 0.6 is 0 Å². The fraction of sp³-hybridized carbons (Fsp3) is 0.290. The van der Waals surface area contributed by atoms with Crippen molar-refractivity contribution in [2.75, 3.05) is 18.0 Å². The van der Waals surface area contributed by atoms with Crippen LogP contribution in [0.1, 0.15) is 54.5 Å². The van der Waals surface area contributed by atoms with E-state index in [0.717, 1.165) is 53.7 Å². The molecule has 3 aromatic carbocycles. The quantitative estimate of drug-likeness (QED) is 0.360. The largest absolute Gasteiger partial charge is 0.583 e. The molecule has 1 fully saturated rings. The summed E-state index contributed by atoms with van der Waals surface area (Å²) in [4.78, 5) is 15.7. The Kier molecular flexibility index (Phi) is 6.65. The van der Waals surface area contributed by atoms with Crippen molar-refractivity contribution in [2.45, 2.75) is 46.1 Å².